The van der Waals surface area contributed by atoms with Crippen LogP contribution in [0.2, 0.25) is 5.02 Å². The van der Waals surface area contributed by atoms with Crippen LogP contribution in [-0.4, -0.2) is 4.98 Å². The van der Waals surface area contributed by atoms with Crippen molar-refractivity contribution >= 4 is 44.1 Å². The van der Waals surface area contributed by atoms with Crippen molar-refractivity contribution in [3.8, 4) is 0 Å². The molecule has 4 heteroatoms. The van der Waals surface area contributed by atoms with E-state index >= 15 is 0 Å². The Kier molecular flexibility index (Phi) is 4.13. The van der Waals surface area contributed by atoms with Crippen molar-refractivity contribution in [2.45, 2.75) is 13.5 Å². The minimum atomic E-state index is 0.668. The van der Waals surface area contributed by atoms with Gasteiger partial charge >= 0.3 is 0 Å². The normalized spacial score (nSPS) is 10.8. The zero-order chi connectivity index (χ0) is 14.8. The molecule has 21 heavy (non-hydrogen) atoms. The molecular weight excluding hydrogens is 348 g/mol. The predicted octanol–water partition coefficient (Wildman–Crippen LogP) is 5.57. The first-order valence-electron chi connectivity index (χ1n) is 6.68. The number of benzene rings is 2. The molecule has 2 nitrogen and oxygen atoms in total. The number of hydrogen-bond donors (Lipinski definition) is 1. The molecule has 0 atom stereocenters. The minimum absolute atomic E-state index is 0.668. The first-order valence-corrected chi connectivity index (χ1v) is 7.85. The van der Waals surface area contributed by atoms with Gasteiger partial charge in [-0.15, -0.1) is 0 Å². The fourth-order valence-electron chi connectivity index (χ4n) is 2.24. The van der Waals surface area contributed by atoms with E-state index in [0.29, 0.717) is 6.54 Å². The molecule has 0 saturated heterocycles. The van der Waals surface area contributed by atoms with Crippen LogP contribution in [0.3, 0.4) is 0 Å². The van der Waals surface area contributed by atoms with Crippen molar-refractivity contribution in [1.29, 1.82) is 0 Å². The summed E-state index contributed by atoms with van der Waals surface area (Å²) in [4.78, 5) is 4.62. The molecule has 0 fully saturated rings. The van der Waals surface area contributed by atoms with Crippen LogP contribution >= 0.6 is 27.5 Å². The molecule has 3 aromatic rings. The second-order valence-electron chi connectivity index (χ2n) is 4.92. The zero-order valence-corrected chi connectivity index (χ0v) is 13.9. The highest BCUT2D eigenvalue weighted by atomic mass is 79.9. The first-order chi connectivity index (χ1) is 10.1. The van der Waals surface area contributed by atoms with Gasteiger partial charge in [-0.3, -0.25) is 4.98 Å². The number of nitrogens with zero attached hydrogens (tertiary/aromatic N) is 1. The smallest absolute Gasteiger partial charge is 0.0936 e. The zero-order valence-electron chi connectivity index (χ0n) is 11.5. The van der Waals surface area contributed by atoms with Gasteiger partial charge in [-0.1, -0.05) is 51.8 Å². The Morgan fingerprint density at radius 3 is 2.81 bits per heavy atom. The summed E-state index contributed by atoms with van der Waals surface area (Å²) in [6, 6.07) is 16.2. The van der Waals surface area contributed by atoms with Gasteiger partial charge in [0.1, 0.15) is 0 Å². The summed E-state index contributed by atoms with van der Waals surface area (Å²) in [5.74, 6) is 0. The van der Waals surface area contributed by atoms with Gasteiger partial charge in [-0.25, -0.2) is 0 Å². The van der Waals surface area contributed by atoms with E-state index in [4.69, 9.17) is 11.6 Å². The molecule has 0 unspecified atom stereocenters. The topological polar surface area (TPSA) is 24.9 Å². The lowest BCUT2D eigenvalue weighted by Gasteiger charge is -2.11. The van der Waals surface area contributed by atoms with E-state index < -0.39 is 0 Å². The van der Waals surface area contributed by atoms with Gasteiger partial charge < -0.3 is 5.32 Å². The van der Waals surface area contributed by atoms with Crippen LogP contribution in [0.5, 0.6) is 0 Å². The van der Waals surface area contributed by atoms with E-state index in [2.05, 4.69) is 38.4 Å². The molecule has 106 valence electrons. The molecule has 0 aliphatic heterocycles. The number of pyridine rings is 1. The summed E-state index contributed by atoms with van der Waals surface area (Å²) >= 11 is 9.67. The van der Waals surface area contributed by atoms with E-state index in [-0.39, 0.29) is 0 Å². The minimum Gasteiger partial charge on any atom is -0.379 e. The molecule has 1 N–H and O–H groups in total. The molecule has 0 radical (unpaired) electrons. The van der Waals surface area contributed by atoms with Gasteiger partial charge in [0, 0.05) is 27.1 Å². The van der Waals surface area contributed by atoms with Crippen molar-refractivity contribution in [2.75, 3.05) is 5.32 Å². The number of rotatable bonds is 3. The standard InChI is InChI=1S/C17H14BrClN2/c1-11-5-6-12-3-2-4-16(17(12)21-11)20-10-13-7-8-14(18)9-15(13)19/h2-9,20H,10H2,1H3. The third-order valence-electron chi connectivity index (χ3n) is 3.34. The fraction of sp³-hybridized carbons (Fsp3) is 0.118. The molecule has 0 saturated carbocycles. The molecule has 0 bridgehead atoms. The van der Waals surface area contributed by atoms with Crippen molar-refractivity contribution in [2.24, 2.45) is 0 Å². The quantitative estimate of drug-likeness (QED) is 0.659. The molecule has 1 aromatic heterocycles. The second-order valence-corrected chi connectivity index (χ2v) is 6.24. The van der Waals surface area contributed by atoms with Crippen LogP contribution in [0, 0.1) is 6.92 Å². The summed E-state index contributed by atoms with van der Waals surface area (Å²) in [6.45, 7) is 2.67. The highest BCUT2D eigenvalue weighted by Crippen LogP contribution is 2.25. The lowest BCUT2D eigenvalue weighted by atomic mass is 10.1. The van der Waals surface area contributed by atoms with E-state index in [9.17, 15) is 0 Å². The van der Waals surface area contributed by atoms with Crippen LogP contribution in [-0.2, 0) is 6.54 Å². The van der Waals surface area contributed by atoms with Gasteiger partial charge in [-0.2, -0.15) is 0 Å². The molecule has 0 amide bonds. The van der Waals surface area contributed by atoms with Gasteiger partial charge in [0.2, 0.25) is 0 Å². The monoisotopic (exact) mass is 360 g/mol. The summed E-state index contributed by atoms with van der Waals surface area (Å²) in [5, 5.41) is 5.31. The van der Waals surface area contributed by atoms with Gasteiger partial charge in [0.05, 0.1) is 11.2 Å². The molecule has 3 rings (SSSR count). The maximum absolute atomic E-state index is 6.25. The number of fused-ring (bicyclic) bond motifs is 1. The second kappa shape index (κ2) is 6.04. The Balaban J connectivity index is 1.90. The van der Waals surface area contributed by atoms with Crippen LogP contribution in [0.25, 0.3) is 10.9 Å². The van der Waals surface area contributed by atoms with E-state index in [1.54, 1.807) is 0 Å². The number of halogens is 2. The molecule has 0 spiro atoms. The Morgan fingerprint density at radius 2 is 2.00 bits per heavy atom. The number of hydrogen-bond acceptors (Lipinski definition) is 2. The van der Waals surface area contributed by atoms with E-state index in [1.807, 2.05) is 43.3 Å². The summed E-state index contributed by atoms with van der Waals surface area (Å²) in [6.07, 6.45) is 0. The lowest BCUT2D eigenvalue weighted by Crippen LogP contribution is -2.01. The highest BCUT2D eigenvalue weighted by Gasteiger charge is 2.05. The Labute approximate surface area is 137 Å². The molecule has 0 aliphatic rings. The maximum Gasteiger partial charge on any atom is 0.0936 e. The summed E-state index contributed by atoms with van der Waals surface area (Å²) in [7, 11) is 0. The van der Waals surface area contributed by atoms with Crippen molar-refractivity contribution < 1.29 is 0 Å². The average molecular weight is 362 g/mol. The number of anilines is 1. The van der Waals surface area contributed by atoms with Crippen molar-refractivity contribution in [1.82, 2.24) is 4.98 Å². The number of aryl methyl sites for hydroxylation is 1. The average Bonchev–Trinajstić information content (AvgIpc) is 2.46. The predicted molar refractivity (Wildman–Crippen MR) is 93.0 cm³/mol. The van der Waals surface area contributed by atoms with E-state index in [1.165, 1.54) is 0 Å². The third kappa shape index (κ3) is 3.20. The van der Waals surface area contributed by atoms with Gasteiger partial charge in [0.25, 0.3) is 0 Å². The summed E-state index contributed by atoms with van der Waals surface area (Å²) in [5.41, 5.74) is 4.09. The lowest BCUT2D eigenvalue weighted by molar-refractivity contribution is 1.14. The molecule has 2 aromatic carbocycles. The molecular formula is C17H14BrClN2. The number of nitrogens with one attached hydrogen (secondary N) is 1. The summed E-state index contributed by atoms with van der Waals surface area (Å²) < 4.78 is 0.985. The Morgan fingerprint density at radius 1 is 1.14 bits per heavy atom. The SMILES string of the molecule is Cc1ccc2cccc(NCc3ccc(Br)cc3Cl)c2n1. The van der Waals surface area contributed by atoms with Crippen LogP contribution in [0.4, 0.5) is 5.69 Å². The van der Waals surface area contributed by atoms with Crippen LogP contribution in [0.1, 0.15) is 11.3 Å². The third-order valence-corrected chi connectivity index (χ3v) is 4.19. The number of aromatic nitrogens is 1. The number of para-hydroxylation sites is 1. The Bertz CT molecular complexity index is 802. The largest absolute Gasteiger partial charge is 0.379 e. The van der Waals surface area contributed by atoms with Crippen LogP contribution < -0.4 is 5.32 Å². The van der Waals surface area contributed by atoms with Crippen molar-refractivity contribution in [3.05, 3.63) is 69.3 Å². The fourth-order valence-corrected chi connectivity index (χ4v) is 2.98. The van der Waals surface area contributed by atoms with E-state index in [0.717, 1.165) is 37.3 Å². The Hall–Kier alpha value is -1.58. The van der Waals surface area contributed by atoms with Crippen molar-refractivity contribution in [3.63, 3.8) is 0 Å². The van der Waals surface area contributed by atoms with Crippen LogP contribution in [0.15, 0.2) is 53.0 Å². The highest BCUT2D eigenvalue weighted by molar-refractivity contribution is 9.10. The van der Waals surface area contributed by atoms with Gasteiger partial charge in [0.15, 0.2) is 0 Å². The van der Waals surface area contributed by atoms with Gasteiger partial charge in [-0.05, 0) is 36.8 Å². The molecule has 1 heterocycles. The maximum atomic E-state index is 6.25. The first kappa shape index (κ1) is 14.4. The molecule has 0 aliphatic carbocycles.